The Morgan fingerprint density at radius 2 is 2.00 bits per heavy atom. The van der Waals surface area contributed by atoms with Crippen LogP contribution in [0.1, 0.15) is 23.6 Å². The van der Waals surface area contributed by atoms with Crippen molar-refractivity contribution in [3.8, 4) is 0 Å². The number of carbonyl (C=O) groups excluding carboxylic acids is 1. The molecule has 0 aliphatic heterocycles. The smallest absolute Gasteiger partial charge is 0.345 e. The molecular formula is C13H14F3NO. The minimum atomic E-state index is -4.80. The van der Waals surface area contributed by atoms with Crippen molar-refractivity contribution >= 4 is 5.91 Å². The maximum absolute atomic E-state index is 12.1. The molecule has 0 radical (unpaired) electrons. The van der Waals surface area contributed by atoms with E-state index in [1.165, 1.54) is 0 Å². The van der Waals surface area contributed by atoms with E-state index in [1.54, 1.807) is 0 Å². The zero-order valence-electron chi connectivity index (χ0n) is 9.97. The Hall–Kier alpha value is -1.52. The highest BCUT2D eigenvalue weighted by Crippen LogP contribution is 2.25. The fraction of sp³-hybridized carbons (Fsp3) is 0.462. The van der Waals surface area contributed by atoms with Crippen molar-refractivity contribution in [2.45, 2.75) is 38.4 Å². The van der Waals surface area contributed by atoms with Crippen molar-refractivity contribution in [3.63, 3.8) is 0 Å². The van der Waals surface area contributed by atoms with E-state index in [9.17, 15) is 18.0 Å². The van der Waals surface area contributed by atoms with Gasteiger partial charge in [-0.2, -0.15) is 13.2 Å². The average Bonchev–Trinajstić information content (AvgIpc) is 2.68. The minimum absolute atomic E-state index is 0.443. The van der Waals surface area contributed by atoms with Crippen LogP contribution in [-0.4, -0.2) is 18.1 Å². The molecule has 1 aliphatic carbocycles. The van der Waals surface area contributed by atoms with Gasteiger partial charge < -0.3 is 5.32 Å². The third kappa shape index (κ3) is 2.66. The summed E-state index contributed by atoms with van der Waals surface area (Å²) in [4.78, 5) is 10.9. The molecule has 18 heavy (non-hydrogen) atoms. The van der Waals surface area contributed by atoms with E-state index in [0.717, 1.165) is 23.1 Å². The SMILES string of the molecule is CCc1ccc2c(c1)CC(NC(=O)C(F)(F)F)C2. The van der Waals surface area contributed by atoms with Gasteiger partial charge in [-0.05, 0) is 36.0 Å². The summed E-state index contributed by atoms with van der Waals surface area (Å²) in [6.07, 6.45) is -2.96. The molecule has 0 saturated carbocycles. The van der Waals surface area contributed by atoms with Crippen molar-refractivity contribution in [1.82, 2.24) is 5.32 Å². The summed E-state index contributed by atoms with van der Waals surface area (Å²) in [7, 11) is 0. The summed E-state index contributed by atoms with van der Waals surface area (Å²) in [5, 5.41) is 2.04. The molecule has 5 heteroatoms. The second-order valence-corrected chi connectivity index (χ2v) is 4.53. The molecular weight excluding hydrogens is 243 g/mol. The van der Waals surface area contributed by atoms with Gasteiger partial charge in [0.15, 0.2) is 0 Å². The van der Waals surface area contributed by atoms with Crippen LogP contribution in [0.5, 0.6) is 0 Å². The fourth-order valence-corrected chi connectivity index (χ4v) is 2.26. The lowest BCUT2D eigenvalue weighted by Crippen LogP contribution is -2.43. The number of carbonyl (C=O) groups is 1. The monoisotopic (exact) mass is 257 g/mol. The highest BCUT2D eigenvalue weighted by atomic mass is 19.4. The third-order valence-corrected chi connectivity index (χ3v) is 3.20. The number of rotatable bonds is 2. The van der Waals surface area contributed by atoms with Crippen LogP contribution in [0.25, 0.3) is 0 Å². The van der Waals surface area contributed by atoms with Crippen molar-refractivity contribution in [2.24, 2.45) is 0 Å². The Morgan fingerprint density at radius 3 is 2.61 bits per heavy atom. The largest absolute Gasteiger partial charge is 0.471 e. The van der Waals surface area contributed by atoms with E-state index in [1.807, 2.05) is 30.4 Å². The van der Waals surface area contributed by atoms with E-state index in [0.29, 0.717) is 12.8 Å². The molecule has 1 N–H and O–H groups in total. The van der Waals surface area contributed by atoms with Crippen LogP contribution >= 0.6 is 0 Å². The first-order valence-electron chi connectivity index (χ1n) is 5.88. The van der Waals surface area contributed by atoms with Gasteiger partial charge in [-0.1, -0.05) is 25.1 Å². The van der Waals surface area contributed by atoms with Crippen molar-refractivity contribution < 1.29 is 18.0 Å². The number of aryl methyl sites for hydroxylation is 1. The first-order valence-corrected chi connectivity index (χ1v) is 5.88. The van der Waals surface area contributed by atoms with Crippen LogP contribution in [0.15, 0.2) is 18.2 Å². The van der Waals surface area contributed by atoms with Crippen LogP contribution < -0.4 is 5.32 Å². The Morgan fingerprint density at radius 1 is 1.33 bits per heavy atom. The summed E-state index contributed by atoms with van der Waals surface area (Å²) in [5.41, 5.74) is 3.23. The van der Waals surface area contributed by atoms with E-state index in [4.69, 9.17) is 0 Å². The van der Waals surface area contributed by atoms with Gasteiger partial charge in [-0.3, -0.25) is 4.79 Å². The van der Waals surface area contributed by atoms with Gasteiger partial charge in [-0.15, -0.1) is 0 Å². The number of halogens is 3. The Kier molecular flexibility index (Phi) is 3.32. The molecule has 2 rings (SSSR count). The quantitative estimate of drug-likeness (QED) is 0.866. The fourth-order valence-electron chi connectivity index (χ4n) is 2.26. The van der Waals surface area contributed by atoms with Crippen LogP contribution in [0.2, 0.25) is 0 Å². The third-order valence-electron chi connectivity index (χ3n) is 3.20. The molecule has 0 fully saturated rings. The number of amides is 1. The number of fused-ring (bicyclic) bond motifs is 1. The molecule has 0 saturated heterocycles. The summed E-state index contributed by atoms with van der Waals surface area (Å²) in [6, 6.07) is 5.48. The molecule has 1 amide bonds. The van der Waals surface area contributed by atoms with Gasteiger partial charge in [0.2, 0.25) is 0 Å². The first kappa shape index (κ1) is 12.9. The molecule has 1 atom stereocenters. The average molecular weight is 257 g/mol. The minimum Gasteiger partial charge on any atom is -0.345 e. The van der Waals surface area contributed by atoms with Crippen molar-refractivity contribution in [2.75, 3.05) is 0 Å². The standard InChI is InChI=1S/C13H14F3NO/c1-2-8-3-4-9-6-11(7-10(9)5-8)17-12(18)13(14,15)16/h3-5,11H,2,6-7H2,1H3,(H,17,18). The molecule has 1 unspecified atom stereocenters. The molecule has 0 heterocycles. The van der Waals surface area contributed by atoms with E-state index < -0.39 is 18.1 Å². The number of nitrogens with one attached hydrogen (secondary N) is 1. The lowest BCUT2D eigenvalue weighted by molar-refractivity contribution is -0.174. The highest BCUT2D eigenvalue weighted by molar-refractivity contribution is 5.82. The second kappa shape index (κ2) is 4.63. The number of hydrogen-bond donors (Lipinski definition) is 1. The van der Waals surface area contributed by atoms with Crippen LogP contribution in [0, 0.1) is 0 Å². The van der Waals surface area contributed by atoms with Gasteiger partial charge in [0, 0.05) is 6.04 Å². The lowest BCUT2D eigenvalue weighted by atomic mass is 10.1. The number of hydrogen-bond acceptors (Lipinski definition) is 1. The molecule has 1 aromatic carbocycles. The lowest BCUT2D eigenvalue weighted by Gasteiger charge is -2.13. The normalized spacial score (nSPS) is 18.6. The summed E-state index contributed by atoms with van der Waals surface area (Å²) < 4.78 is 36.4. The molecule has 98 valence electrons. The summed E-state index contributed by atoms with van der Waals surface area (Å²) in [5.74, 6) is -1.85. The zero-order chi connectivity index (χ0) is 13.3. The Bertz CT molecular complexity index is 468. The zero-order valence-corrected chi connectivity index (χ0v) is 9.97. The highest BCUT2D eigenvalue weighted by Gasteiger charge is 2.40. The Labute approximate surface area is 103 Å². The molecule has 1 aromatic rings. The molecule has 1 aliphatic rings. The summed E-state index contributed by atoms with van der Waals surface area (Å²) in [6.45, 7) is 2.03. The van der Waals surface area contributed by atoms with Gasteiger partial charge in [0.1, 0.15) is 0 Å². The Balaban J connectivity index is 2.04. The van der Waals surface area contributed by atoms with Gasteiger partial charge >= 0.3 is 12.1 Å². The molecule has 2 nitrogen and oxygen atoms in total. The van der Waals surface area contributed by atoms with Gasteiger partial charge in [0.25, 0.3) is 0 Å². The van der Waals surface area contributed by atoms with E-state index in [-0.39, 0.29) is 0 Å². The second-order valence-electron chi connectivity index (χ2n) is 4.53. The van der Waals surface area contributed by atoms with Crippen LogP contribution in [0.4, 0.5) is 13.2 Å². The van der Waals surface area contributed by atoms with Crippen molar-refractivity contribution in [3.05, 3.63) is 34.9 Å². The predicted molar refractivity (Wildman–Crippen MR) is 61.2 cm³/mol. The number of alkyl halides is 3. The van der Waals surface area contributed by atoms with E-state index in [2.05, 4.69) is 0 Å². The van der Waals surface area contributed by atoms with Crippen LogP contribution in [0.3, 0.4) is 0 Å². The van der Waals surface area contributed by atoms with Crippen molar-refractivity contribution in [1.29, 1.82) is 0 Å². The number of benzene rings is 1. The van der Waals surface area contributed by atoms with Gasteiger partial charge in [-0.25, -0.2) is 0 Å². The topological polar surface area (TPSA) is 29.1 Å². The molecule has 0 aromatic heterocycles. The predicted octanol–water partition coefficient (Wildman–Crippen LogP) is 2.39. The van der Waals surface area contributed by atoms with Crippen LogP contribution in [-0.2, 0) is 24.1 Å². The van der Waals surface area contributed by atoms with E-state index >= 15 is 0 Å². The molecule has 0 bridgehead atoms. The maximum atomic E-state index is 12.1. The maximum Gasteiger partial charge on any atom is 0.471 e. The summed E-state index contributed by atoms with van der Waals surface area (Å²) >= 11 is 0. The molecule has 0 spiro atoms. The van der Waals surface area contributed by atoms with Gasteiger partial charge in [0.05, 0.1) is 0 Å². The first-order chi connectivity index (χ1) is 8.40.